The van der Waals surface area contributed by atoms with E-state index in [0.717, 1.165) is 44.7 Å². The van der Waals surface area contributed by atoms with Gasteiger partial charge in [0.2, 0.25) is 0 Å². The van der Waals surface area contributed by atoms with Gasteiger partial charge in [-0.3, -0.25) is 19.9 Å². The van der Waals surface area contributed by atoms with Gasteiger partial charge >= 0.3 is 0 Å². The molecule has 0 amide bonds. The maximum atomic E-state index is 5.09. The zero-order valence-corrected chi connectivity index (χ0v) is 62.2. The fraction of sp³-hybridized carbons (Fsp3) is 0.314. The molecule has 5 aromatic carbocycles. The van der Waals surface area contributed by atoms with Crippen LogP contribution in [0.5, 0.6) is 0 Å². The number of furan rings is 2. The van der Waals surface area contributed by atoms with Crippen molar-refractivity contribution in [1.29, 1.82) is 0 Å². The predicted molar refractivity (Wildman–Crippen MR) is 417 cm³/mol. The van der Waals surface area contributed by atoms with Crippen LogP contribution in [0.25, 0.3) is 54.5 Å². The van der Waals surface area contributed by atoms with Gasteiger partial charge in [-0.1, -0.05) is 228 Å². The summed E-state index contributed by atoms with van der Waals surface area (Å²) >= 11 is 3.60. The summed E-state index contributed by atoms with van der Waals surface area (Å²) in [7, 11) is 0. The van der Waals surface area contributed by atoms with Crippen LogP contribution in [0.2, 0.25) is 0 Å². The molecule has 9 aromatic heterocycles. The zero-order valence-electron chi connectivity index (χ0n) is 60.6. The van der Waals surface area contributed by atoms with E-state index in [2.05, 4.69) is 279 Å². The summed E-state index contributed by atoms with van der Waals surface area (Å²) in [5.74, 6) is 6.02. The van der Waals surface area contributed by atoms with E-state index in [-0.39, 0.29) is 0 Å². The van der Waals surface area contributed by atoms with Crippen molar-refractivity contribution >= 4 is 77.2 Å². The van der Waals surface area contributed by atoms with Gasteiger partial charge in [0.15, 0.2) is 0 Å². The highest BCUT2D eigenvalue weighted by Gasteiger charge is 2.09. The Balaban J connectivity index is 0.000000174. The molecular formula is C86H103N7O2S2. The SMILES string of the molecule is CC(C)c1ccc2ccccc2n1.CC(C)c1ccco1.CC(C)c1cccs1.CC(C)c1ccnc2ccccc12.CC(C)c1ccoc1.CC(C)c1ccsc1.CC(C)c1cnc2ccccc2n1.CC(C)c1nccc2ccccc12.CC(C)c1ncnc2ccccc12. The maximum absolute atomic E-state index is 5.09. The molecule has 0 radical (unpaired) electrons. The summed E-state index contributed by atoms with van der Waals surface area (Å²) in [6, 6.07) is 61.7. The molecule has 506 valence electrons. The molecular weight excluding hydrogens is 1230 g/mol. The first kappa shape index (κ1) is 77.0. The molecule has 0 aliphatic rings. The molecule has 0 saturated carbocycles. The number of para-hydroxylation sites is 5. The van der Waals surface area contributed by atoms with E-state index in [1.165, 1.54) is 59.9 Å². The van der Waals surface area contributed by atoms with Crippen molar-refractivity contribution in [3.8, 4) is 0 Å². The largest absolute Gasteiger partial charge is 0.472 e. The van der Waals surface area contributed by atoms with Crippen molar-refractivity contribution < 1.29 is 8.83 Å². The fourth-order valence-electron chi connectivity index (χ4n) is 9.81. The number of hydrogen-bond donors (Lipinski definition) is 0. The van der Waals surface area contributed by atoms with Gasteiger partial charge in [0.05, 0.1) is 63.5 Å². The summed E-state index contributed by atoms with van der Waals surface area (Å²) in [5, 5.41) is 12.7. The van der Waals surface area contributed by atoms with Crippen LogP contribution >= 0.6 is 22.7 Å². The lowest BCUT2D eigenvalue weighted by molar-refractivity contribution is 0.487. The van der Waals surface area contributed by atoms with E-state index in [1.807, 2.05) is 109 Å². The minimum atomic E-state index is 0.442. The second-order valence-corrected chi connectivity index (χ2v) is 28.1. The quantitative estimate of drug-likeness (QED) is 0.139. The third-order valence-electron chi connectivity index (χ3n) is 15.6. The lowest BCUT2D eigenvalue weighted by Gasteiger charge is -2.08. The summed E-state index contributed by atoms with van der Waals surface area (Å²) in [4.78, 5) is 32.1. The predicted octanol–water partition coefficient (Wildman–Crippen LogP) is 26.1. The van der Waals surface area contributed by atoms with Crippen molar-refractivity contribution in [2.75, 3.05) is 0 Å². The highest BCUT2D eigenvalue weighted by molar-refractivity contribution is 7.10. The van der Waals surface area contributed by atoms with Crippen LogP contribution in [0.4, 0.5) is 0 Å². The molecule has 0 saturated heterocycles. The van der Waals surface area contributed by atoms with Crippen molar-refractivity contribution in [2.45, 2.75) is 178 Å². The van der Waals surface area contributed by atoms with E-state index in [0.29, 0.717) is 53.3 Å². The summed E-state index contributed by atoms with van der Waals surface area (Å²) in [5.41, 5.74) is 13.8. The van der Waals surface area contributed by atoms with E-state index in [1.54, 1.807) is 36.5 Å². The monoisotopic (exact) mass is 1330 g/mol. The average molecular weight is 1330 g/mol. The molecule has 0 atom stereocenters. The second kappa shape index (κ2) is 40.5. The van der Waals surface area contributed by atoms with Crippen LogP contribution in [0, 0.1) is 0 Å². The number of nitrogens with zero attached hydrogens (tertiary/aromatic N) is 7. The first-order valence-corrected chi connectivity index (χ1v) is 36.0. The summed E-state index contributed by atoms with van der Waals surface area (Å²) < 4.78 is 9.97. The Morgan fingerprint density at radius 3 is 1.43 bits per heavy atom. The van der Waals surface area contributed by atoms with Crippen LogP contribution < -0.4 is 0 Å². The summed E-state index contributed by atoms with van der Waals surface area (Å²) in [6.45, 7) is 39.0. The van der Waals surface area contributed by atoms with Gasteiger partial charge in [-0.15, -0.1) is 11.3 Å². The van der Waals surface area contributed by atoms with Crippen molar-refractivity contribution in [3.05, 3.63) is 292 Å². The maximum Gasteiger partial charge on any atom is 0.116 e. The van der Waals surface area contributed by atoms with E-state index < -0.39 is 0 Å². The van der Waals surface area contributed by atoms with Crippen LogP contribution in [-0.2, 0) is 0 Å². The van der Waals surface area contributed by atoms with Crippen molar-refractivity contribution in [2.24, 2.45) is 0 Å². The van der Waals surface area contributed by atoms with Gasteiger partial charge in [0, 0.05) is 56.6 Å². The standard InChI is InChI=1S/3C12H13N.2C11H12N2.2C7H10O.2C7H10S/c1-9(2)10-7-8-13-12-6-4-3-5-11(10)12;1-9(2)11-8-7-10-5-3-4-6-12(10)13-11;1-9(2)12-11-6-4-3-5-10(11)7-8-13-12;1-8(2)11-9-5-3-4-6-10(9)12-7-13-11;1-8(2)11-7-12-9-5-3-4-6-10(9)13-11;1-6(2)7-3-4-8-5-7;1-6(2)7-4-3-5-8-7;1-6(2)7-3-4-8-5-7;1-6(2)7-4-3-5-8-7/h3*3-9H,1-2H3;2*3-8H,1-2H3;4*3-6H,1-2H3. The molecule has 0 aliphatic heterocycles. The van der Waals surface area contributed by atoms with E-state index in [4.69, 9.17) is 8.83 Å². The first-order valence-electron chi connectivity index (χ1n) is 34.2. The minimum absolute atomic E-state index is 0.442. The molecule has 9 nitrogen and oxygen atoms in total. The molecule has 11 heteroatoms. The van der Waals surface area contributed by atoms with Gasteiger partial charge in [-0.25, -0.2) is 15.0 Å². The minimum Gasteiger partial charge on any atom is -0.472 e. The highest BCUT2D eigenvalue weighted by Crippen LogP contribution is 2.26. The van der Waals surface area contributed by atoms with Gasteiger partial charge in [0.1, 0.15) is 12.1 Å². The van der Waals surface area contributed by atoms with Gasteiger partial charge in [0.25, 0.3) is 0 Å². The number of fused-ring (bicyclic) bond motifs is 5. The van der Waals surface area contributed by atoms with Crippen LogP contribution in [0.1, 0.15) is 228 Å². The normalized spacial score (nSPS) is 10.8. The average Bonchev–Trinajstić information content (AvgIpc) is 1.65. The van der Waals surface area contributed by atoms with Crippen molar-refractivity contribution in [3.63, 3.8) is 0 Å². The molecule has 0 spiro atoms. The number of benzene rings is 5. The lowest BCUT2D eigenvalue weighted by atomic mass is 9.99. The number of hydrogen-bond acceptors (Lipinski definition) is 11. The van der Waals surface area contributed by atoms with E-state index >= 15 is 0 Å². The van der Waals surface area contributed by atoms with Gasteiger partial charge in [-0.05, 0) is 164 Å². The Labute approximate surface area is 587 Å². The third kappa shape index (κ3) is 25.2. The molecule has 0 fully saturated rings. The Morgan fingerprint density at radius 2 is 0.918 bits per heavy atom. The topological polar surface area (TPSA) is 117 Å². The molecule has 97 heavy (non-hydrogen) atoms. The lowest BCUT2D eigenvalue weighted by Crippen LogP contribution is -1.94. The highest BCUT2D eigenvalue weighted by atomic mass is 32.1. The number of pyridine rings is 3. The van der Waals surface area contributed by atoms with Gasteiger partial charge in [-0.2, -0.15) is 11.3 Å². The van der Waals surface area contributed by atoms with E-state index in [9.17, 15) is 0 Å². The van der Waals surface area contributed by atoms with Crippen LogP contribution in [0.15, 0.2) is 251 Å². The molecule has 9 heterocycles. The molecule has 0 aliphatic carbocycles. The number of rotatable bonds is 9. The summed E-state index contributed by atoms with van der Waals surface area (Å²) in [6.07, 6.45) is 12.5. The van der Waals surface area contributed by atoms with Crippen LogP contribution in [-0.4, -0.2) is 34.9 Å². The zero-order chi connectivity index (χ0) is 70.2. The molecule has 14 aromatic rings. The van der Waals surface area contributed by atoms with Gasteiger partial charge < -0.3 is 8.83 Å². The Kier molecular flexibility index (Phi) is 32.1. The Hall–Kier alpha value is -9.03. The van der Waals surface area contributed by atoms with Crippen molar-refractivity contribution in [1.82, 2.24) is 34.9 Å². The molecule has 14 rings (SSSR count). The molecule has 0 bridgehead atoms. The second-order valence-electron chi connectivity index (χ2n) is 26.4. The number of thiophene rings is 2. The molecule has 0 unspecified atom stereocenters. The first-order chi connectivity index (χ1) is 46.6. The molecule has 0 N–H and O–H groups in total. The smallest absolute Gasteiger partial charge is 0.116 e. The Morgan fingerprint density at radius 1 is 0.340 bits per heavy atom. The Bertz CT molecular complexity index is 3950. The number of aromatic nitrogens is 7. The third-order valence-corrected chi connectivity index (χ3v) is 17.5. The van der Waals surface area contributed by atoms with Crippen LogP contribution in [0.3, 0.4) is 0 Å². The fourth-order valence-corrected chi connectivity index (χ4v) is 11.4.